The first-order valence-electron chi connectivity index (χ1n) is 11.2. The van der Waals surface area contributed by atoms with Gasteiger partial charge in [0.05, 0.1) is 49.9 Å². The number of nitrogens with zero attached hydrogens (tertiary/aromatic N) is 5. The first-order chi connectivity index (χ1) is 16.6. The van der Waals surface area contributed by atoms with Crippen LogP contribution in [0.1, 0.15) is 6.42 Å². The van der Waals surface area contributed by atoms with Crippen molar-refractivity contribution in [1.29, 1.82) is 0 Å². The summed E-state index contributed by atoms with van der Waals surface area (Å²) in [5.74, 6) is 1.44. The molecule has 0 aliphatic carbocycles. The zero-order chi connectivity index (χ0) is 23.9. The zero-order valence-corrected chi connectivity index (χ0v) is 19.7. The Bertz CT molecular complexity index is 1220. The number of anilines is 2. The molecule has 9 heteroatoms. The Morgan fingerprint density at radius 2 is 1.76 bits per heavy atom. The summed E-state index contributed by atoms with van der Waals surface area (Å²) >= 11 is 0. The van der Waals surface area contributed by atoms with Crippen LogP contribution in [0.4, 0.5) is 11.4 Å². The highest BCUT2D eigenvalue weighted by atomic mass is 16.5. The first-order valence-corrected chi connectivity index (χ1v) is 11.2. The number of aliphatic hydroxyl groups is 1. The van der Waals surface area contributed by atoms with Gasteiger partial charge in [-0.1, -0.05) is 0 Å². The Hall–Kier alpha value is -3.69. The lowest BCUT2D eigenvalue weighted by molar-refractivity contribution is 0.292. The van der Waals surface area contributed by atoms with Crippen LogP contribution < -0.4 is 19.7 Å². The van der Waals surface area contributed by atoms with E-state index >= 15 is 0 Å². The molecule has 2 heterocycles. The minimum absolute atomic E-state index is 0.124. The number of hydrogen-bond donors (Lipinski definition) is 2. The van der Waals surface area contributed by atoms with E-state index in [0.29, 0.717) is 6.54 Å². The summed E-state index contributed by atoms with van der Waals surface area (Å²) < 4.78 is 12.8. The molecule has 4 aromatic rings. The second-order valence-electron chi connectivity index (χ2n) is 7.88. The number of benzene rings is 2. The van der Waals surface area contributed by atoms with Gasteiger partial charge in [-0.05, 0) is 31.2 Å². The molecule has 0 saturated carbocycles. The van der Waals surface area contributed by atoms with E-state index < -0.39 is 0 Å². The molecule has 0 radical (unpaired) electrons. The molecule has 0 unspecified atom stereocenters. The lowest BCUT2D eigenvalue weighted by atomic mass is 10.1. The third kappa shape index (κ3) is 5.44. The minimum atomic E-state index is 0.124. The fourth-order valence-electron chi connectivity index (χ4n) is 3.78. The Labute approximate surface area is 199 Å². The van der Waals surface area contributed by atoms with Gasteiger partial charge in [0.1, 0.15) is 11.5 Å². The number of aromatic nitrogens is 4. The number of aryl methyl sites for hydroxylation is 1. The molecule has 9 nitrogen and oxygen atoms in total. The van der Waals surface area contributed by atoms with Gasteiger partial charge in [-0.15, -0.1) is 0 Å². The van der Waals surface area contributed by atoms with E-state index in [2.05, 4.69) is 26.4 Å². The van der Waals surface area contributed by atoms with E-state index in [1.54, 1.807) is 31.3 Å². The molecule has 0 aliphatic rings. The maximum atomic E-state index is 9.03. The Morgan fingerprint density at radius 3 is 2.44 bits per heavy atom. The van der Waals surface area contributed by atoms with Crippen molar-refractivity contribution >= 4 is 22.4 Å². The topological polar surface area (TPSA) is 97.6 Å². The number of hydrogen-bond acceptors (Lipinski definition) is 8. The molecule has 178 valence electrons. The fourth-order valence-corrected chi connectivity index (χ4v) is 3.78. The summed E-state index contributed by atoms with van der Waals surface area (Å²) in [6, 6.07) is 11.9. The molecular weight excluding hydrogens is 432 g/mol. The minimum Gasteiger partial charge on any atom is -0.497 e. The molecular formula is C25H30N6O3. The number of fused-ring (bicyclic) bond motifs is 1. The summed E-state index contributed by atoms with van der Waals surface area (Å²) in [4.78, 5) is 11.7. The summed E-state index contributed by atoms with van der Waals surface area (Å²) in [5, 5.41) is 16.5. The molecule has 0 saturated heterocycles. The molecule has 0 amide bonds. The average molecular weight is 463 g/mol. The Morgan fingerprint density at radius 1 is 0.971 bits per heavy atom. The molecule has 0 atom stereocenters. The molecule has 2 N–H and O–H groups in total. The highest BCUT2D eigenvalue weighted by molar-refractivity contribution is 5.82. The predicted octanol–water partition coefficient (Wildman–Crippen LogP) is 3.16. The maximum Gasteiger partial charge on any atom is 0.124 e. The van der Waals surface area contributed by atoms with E-state index in [4.69, 9.17) is 19.6 Å². The number of aliphatic hydroxyl groups excluding tert-OH is 1. The second-order valence-corrected chi connectivity index (χ2v) is 7.88. The normalized spacial score (nSPS) is 11.1. The van der Waals surface area contributed by atoms with Crippen LogP contribution in [0.5, 0.6) is 11.5 Å². The van der Waals surface area contributed by atoms with E-state index in [9.17, 15) is 0 Å². The fraction of sp³-hybridized carbons (Fsp3) is 0.320. The van der Waals surface area contributed by atoms with Crippen molar-refractivity contribution in [2.24, 2.45) is 7.05 Å². The van der Waals surface area contributed by atoms with E-state index in [1.807, 2.05) is 43.6 Å². The van der Waals surface area contributed by atoms with Crippen LogP contribution in [0.25, 0.3) is 22.3 Å². The van der Waals surface area contributed by atoms with Crippen molar-refractivity contribution in [2.75, 3.05) is 45.4 Å². The summed E-state index contributed by atoms with van der Waals surface area (Å²) in [5.41, 5.74) is 5.27. The number of nitrogens with one attached hydrogen (secondary N) is 1. The first kappa shape index (κ1) is 23.5. The molecule has 2 aromatic heterocycles. The monoisotopic (exact) mass is 462 g/mol. The SMILES string of the molecule is COc1cc(OC)cc(N(CCCNCCO)c2ccc3ncc(-c4cnn(C)c4)nc3c2)c1. The van der Waals surface area contributed by atoms with Gasteiger partial charge in [0.25, 0.3) is 0 Å². The van der Waals surface area contributed by atoms with Gasteiger partial charge < -0.3 is 24.8 Å². The van der Waals surface area contributed by atoms with Crippen molar-refractivity contribution in [3.63, 3.8) is 0 Å². The Balaban J connectivity index is 1.71. The quantitative estimate of drug-likeness (QED) is 0.328. The van der Waals surface area contributed by atoms with Crippen molar-refractivity contribution in [1.82, 2.24) is 25.1 Å². The van der Waals surface area contributed by atoms with Gasteiger partial charge in [0.15, 0.2) is 0 Å². The lowest BCUT2D eigenvalue weighted by Crippen LogP contribution is -2.25. The van der Waals surface area contributed by atoms with Crippen LogP contribution in [0.3, 0.4) is 0 Å². The molecule has 0 fully saturated rings. The lowest BCUT2D eigenvalue weighted by Gasteiger charge is -2.26. The highest BCUT2D eigenvalue weighted by Gasteiger charge is 2.14. The van der Waals surface area contributed by atoms with Crippen LogP contribution in [0.15, 0.2) is 55.0 Å². The maximum absolute atomic E-state index is 9.03. The largest absolute Gasteiger partial charge is 0.497 e. The van der Waals surface area contributed by atoms with Crippen LogP contribution in [-0.4, -0.2) is 65.3 Å². The van der Waals surface area contributed by atoms with E-state index in [0.717, 1.165) is 64.7 Å². The molecule has 0 aliphatic heterocycles. The van der Waals surface area contributed by atoms with Gasteiger partial charge in [-0.2, -0.15) is 5.10 Å². The van der Waals surface area contributed by atoms with Crippen molar-refractivity contribution in [2.45, 2.75) is 6.42 Å². The average Bonchev–Trinajstić information content (AvgIpc) is 3.31. The third-order valence-electron chi connectivity index (χ3n) is 5.51. The molecule has 4 rings (SSSR count). The van der Waals surface area contributed by atoms with Gasteiger partial charge >= 0.3 is 0 Å². The predicted molar refractivity (Wildman–Crippen MR) is 133 cm³/mol. The molecule has 0 spiro atoms. The zero-order valence-electron chi connectivity index (χ0n) is 19.7. The molecule has 34 heavy (non-hydrogen) atoms. The van der Waals surface area contributed by atoms with Gasteiger partial charge in [0.2, 0.25) is 0 Å². The highest BCUT2D eigenvalue weighted by Crippen LogP contribution is 2.34. The molecule has 2 aromatic carbocycles. The number of rotatable bonds is 11. The second kappa shape index (κ2) is 11.0. The Kier molecular flexibility index (Phi) is 7.56. The number of ether oxygens (including phenoxy) is 2. The standard InChI is InChI=1S/C25H30N6O3/c1-30-17-18(15-28-30)25-16-27-23-6-5-19(13-24(23)29-25)31(9-4-7-26-8-10-32)20-11-21(33-2)14-22(12-20)34-3/h5-6,11-17,26,32H,4,7-10H2,1-3H3. The van der Waals surface area contributed by atoms with Crippen LogP contribution >= 0.6 is 0 Å². The smallest absolute Gasteiger partial charge is 0.124 e. The summed E-state index contributed by atoms with van der Waals surface area (Å²) in [6.45, 7) is 2.24. The molecule has 0 bridgehead atoms. The van der Waals surface area contributed by atoms with Gasteiger partial charge in [-0.25, -0.2) is 4.98 Å². The van der Waals surface area contributed by atoms with Gasteiger partial charge in [-0.3, -0.25) is 9.67 Å². The number of methoxy groups -OCH3 is 2. The van der Waals surface area contributed by atoms with E-state index in [1.165, 1.54) is 0 Å². The van der Waals surface area contributed by atoms with Crippen molar-refractivity contribution in [3.05, 3.63) is 55.0 Å². The van der Waals surface area contributed by atoms with Crippen LogP contribution in [0, 0.1) is 0 Å². The van der Waals surface area contributed by atoms with Crippen LogP contribution in [-0.2, 0) is 7.05 Å². The van der Waals surface area contributed by atoms with Gasteiger partial charge in [0, 0.05) is 61.5 Å². The summed E-state index contributed by atoms with van der Waals surface area (Å²) in [7, 11) is 5.17. The van der Waals surface area contributed by atoms with Crippen LogP contribution in [0.2, 0.25) is 0 Å². The third-order valence-corrected chi connectivity index (χ3v) is 5.51. The van der Waals surface area contributed by atoms with E-state index in [-0.39, 0.29) is 6.61 Å². The summed E-state index contributed by atoms with van der Waals surface area (Å²) in [6.07, 6.45) is 6.36. The van der Waals surface area contributed by atoms with Crippen molar-refractivity contribution < 1.29 is 14.6 Å². The van der Waals surface area contributed by atoms with Crippen molar-refractivity contribution in [3.8, 4) is 22.8 Å².